The quantitative estimate of drug-likeness (QED) is 0.683. The summed E-state index contributed by atoms with van der Waals surface area (Å²) in [6.07, 6.45) is 6.41. The highest BCUT2D eigenvalue weighted by molar-refractivity contribution is 5.75. The Morgan fingerprint density at radius 3 is 2.53 bits per heavy atom. The first-order valence-electron chi connectivity index (χ1n) is 6.06. The number of fused-ring (bicyclic) bond motifs is 2. The smallest absolute Gasteiger partial charge is 0.0894 e. The minimum absolute atomic E-state index is 0.277. The molecule has 3 rings (SSSR count). The summed E-state index contributed by atoms with van der Waals surface area (Å²) in [5, 5.41) is 0. The van der Waals surface area contributed by atoms with Gasteiger partial charge < -0.3 is 0 Å². The molecule has 1 aliphatic carbocycles. The van der Waals surface area contributed by atoms with Gasteiger partial charge in [0.05, 0.1) is 22.4 Å². The van der Waals surface area contributed by atoms with Crippen LogP contribution in [0, 0.1) is 5.41 Å². The maximum absolute atomic E-state index is 4.76. The third-order valence-electron chi connectivity index (χ3n) is 3.27. The first-order valence-corrected chi connectivity index (χ1v) is 6.06. The zero-order valence-corrected chi connectivity index (χ0v) is 10.3. The highest BCUT2D eigenvalue weighted by atomic mass is 14.8. The Morgan fingerprint density at radius 1 is 1.06 bits per heavy atom. The van der Waals surface area contributed by atoms with Crippen LogP contribution >= 0.6 is 0 Å². The molecule has 2 heteroatoms. The summed E-state index contributed by atoms with van der Waals surface area (Å²) in [4.78, 5) is 9.45. The van der Waals surface area contributed by atoms with E-state index in [-0.39, 0.29) is 5.41 Å². The van der Waals surface area contributed by atoms with Gasteiger partial charge in [-0.25, -0.2) is 9.97 Å². The molecule has 86 valence electrons. The van der Waals surface area contributed by atoms with Crippen molar-refractivity contribution in [2.45, 2.75) is 26.7 Å². The molecule has 1 aromatic heterocycles. The number of hydrogen-bond acceptors (Lipinski definition) is 2. The van der Waals surface area contributed by atoms with Gasteiger partial charge in [-0.15, -0.1) is 0 Å². The van der Waals surface area contributed by atoms with Gasteiger partial charge in [-0.1, -0.05) is 32.1 Å². The van der Waals surface area contributed by atoms with Crippen LogP contribution in [0.25, 0.3) is 17.1 Å². The Labute approximate surface area is 101 Å². The first kappa shape index (κ1) is 10.5. The maximum Gasteiger partial charge on any atom is 0.0894 e. The molecule has 1 heterocycles. The van der Waals surface area contributed by atoms with Crippen LogP contribution in [0.5, 0.6) is 0 Å². The van der Waals surface area contributed by atoms with Crippen molar-refractivity contribution in [2.75, 3.05) is 0 Å². The fraction of sp³-hybridized carbons (Fsp3) is 0.333. The SMILES string of the molecule is CC1(C)CC=Cc2nc3ccccc3nc2C1. The molecule has 1 aliphatic rings. The molecule has 17 heavy (non-hydrogen) atoms. The van der Waals surface area contributed by atoms with E-state index in [2.05, 4.69) is 26.0 Å². The largest absolute Gasteiger partial charge is 0.249 e. The number of allylic oxidation sites excluding steroid dienone is 1. The van der Waals surface area contributed by atoms with E-state index in [1.165, 1.54) is 0 Å². The van der Waals surface area contributed by atoms with Crippen LogP contribution in [0.4, 0.5) is 0 Å². The molecule has 0 amide bonds. The Bertz CT molecular complexity index is 597. The zero-order chi connectivity index (χ0) is 11.9. The normalized spacial score (nSPS) is 17.8. The van der Waals surface area contributed by atoms with Crippen LogP contribution in [-0.2, 0) is 6.42 Å². The predicted octanol–water partition coefficient (Wildman–Crippen LogP) is 3.62. The Kier molecular flexibility index (Phi) is 2.25. The topological polar surface area (TPSA) is 25.8 Å². The summed E-state index contributed by atoms with van der Waals surface area (Å²) in [5.41, 5.74) is 4.42. The lowest BCUT2D eigenvalue weighted by Gasteiger charge is -2.21. The third kappa shape index (κ3) is 1.95. The van der Waals surface area contributed by atoms with Crippen LogP contribution in [0.15, 0.2) is 30.3 Å². The molecular weight excluding hydrogens is 208 g/mol. The number of hydrogen-bond donors (Lipinski definition) is 0. The first-order chi connectivity index (χ1) is 8.14. The van der Waals surface area contributed by atoms with Crippen molar-refractivity contribution >= 4 is 17.1 Å². The van der Waals surface area contributed by atoms with Gasteiger partial charge in [0.15, 0.2) is 0 Å². The van der Waals surface area contributed by atoms with Crippen molar-refractivity contribution in [2.24, 2.45) is 5.41 Å². The van der Waals surface area contributed by atoms with E-state index in [0.717, 1.165) is 35.3 Å². The van der Waals surface area contributed by atoms with Gasteiger partial charge in [-0.3, -0.25) is 0 Å². The average Bonchev–Trinajstić information content (AvgIpc) is 2.42. The van der Waals surface area contributed by atoms with Gasteiger partial charge in [-0.2, -0.15) is 0 Å². The fourth-order valence-corrected chi connectivity index (χ4v) is 2.33. The molecular formula is C15H16N2. The van der Waals surface area contributed by atoms with Crippen LogP contribution in [0.2, 0.25) is 0 Å². The molecule has 0 saturated heterocycles. The molecule has 0 saturated carbocycles. The standard InChI is InChI=1S/C15H16N2/c1-15(2)9-5-8-13-14(10-15)17-12-7-4-3-6-11(12)16-13/h3-8H,9-10H2,1-2H3. The molecule has 0 unspecified atom stereocenters. The third-order valence-corrected chi connectivity index (χ3v) is 3.27. The Hall–Kier alpha value is -1.70. The van der Waals surface area contributed by atoms with E-state index in [0.29, 0.717) is 0 Å². The molecule has 0 bridgehead atoms. The number of aromatic nitrogens is 2. The second-order valence-electron chi connectivity index (χ2n) is 5.49. The summed E-state index contributed by atoms with van der Waals surface area (Å²) in [6.45, 7) is 4.56. The minimum atomic E-state index is 0.277. The van der Waals surface area contributed by atoms with Crippen molar-refractivity contribution in [3.63, 3.8) is 0 Å². The number of nitrogens with zero attached hydrogens (tertiary/aromatic N) is 2. The minimum Gasteiger partial charge on any atom is -0.249 e. The van der Waals surface area contributed by atoms with E-state index in [4.69, 9.17) is 9.97 Å². The van der Waals surface area contributed by atoms with Gasteiger partial charge in [0.1, 0.15) is 0 Å². The van der Waals surface area contributed by atoms with Gasteiger partial charge in [0.2, 0.25) is 0 Å². The second-order valence-corrected chi connectivity index (χ2v) is 5.49. The van der Waals surface area contributed by atoms with Crippen molar-refractivity contribution in [3.05, 3.63) is 41.7 Å². The van der Waals surface area contributed by atoms with Crippen LogP contribution in [0.3, 0.4) is 0 Å². The molecule has 0 atom stereocenters. The summed E-state index contributed by atoms with van der Waals surface area (Å²) < 4.78 is 0. The number of benzene rings is 1. The lowest BCUT2D eigenvalue weighted by molar-refractivity contribution is 0.367. The average molecular weight is 224 g/mol. The highest BCUT2D eigenvalue weighted by Crippen LogP contribution is 2.31. The van der Waals surface area contributed by atoms with E-state index in [1.54, 1.807) is 0 Å². The lowest BCUT2D eigenvalue weighted by atomic mass is 9.85. The van der Waals surface area contributed by atoms with Crippen LogP contribution in [-0.4, -0.2) is 9.97 Å². The molecule has 2 nitrogen and oxygen atoms in total. The van der Waals surface area contributed by atoms with E-state index in [9.17, 15) is 0 Å². The monoisotopic (exact) mass is 224 g/mol. The van der Waals surface area contributed by atoms with Gasteiger partial charge in [-0.05, 0) is 36.5 Å². The van der Waals surface area contributed by atoms with E-state index in [1.807, 2.05) is 24.3 Å². The molecule has 0 N–H and O–H groups in total. The molecule has 0 radical (unpaired) electrons. The maximum atomic E-state index is 4.76. The Balaban J connectivity index is 2.21. The van der Waals surface area contributed by atoms with Crippen LogP contribution in [0.1, 0.15) is 31.7 Å². The number of rotatable bonds is 0. The van der Waals surface area contributed by atoms with Crippen molar-refractivity contribution in [1.29, 1.82) is 0 Å². The van der Waals surface area contributed by atoms with E-state index < -0.39 is 0 Å². The summed E-state index contributed by atoms with van der Waals surface area (Å²) in [7, 11) is 0. The fourth-order valence-electron chi connectivity index (χ4n) is 2.33. The highest BCUT2D eigenvalue weighted by Gasteiger charge is 2.22. The van der Waals surface area contributed by atoms with E-state index >= 15 is 0 Å². The summed E-state index contributed by atoms with van der Waals surface area (Å²) in [6, 6.07) is 8.07. The zero-order valence-electron chi connectivity index (χ0n) is 10.3. The molecule has 0 spiro atoms. The van der Waals surface area contributed by atoms with Gasteiger partial charge in [0, 0.05) is 0 Å². The summed E-state index contributed by atoms with van der Waals surface area (Å²) >= 11 is 0. The van der Waals surface area contributed by atoms with Crippen molar-refractivity contribution in [1.82, 2.24) is 9.97 Å². The lowest BCUT2D eigenvalue weighted by Crippen LogP contribution is -2.14. The second kappa shape index (κ2) is 3.66. The van der Waals surface area contributed by atoms with Crippen molar-refractivity contribution in [3.8, 4) is 0 Å². The van der Waals surface area contributed by atoms with Crippen LogP contribution < -0.4 is 0 Å². The molecule has 0 aliphatic heterocycles. The predicted molar refractivity (Wildman–Crippen MR) is 70.7 cm³/mol. The molecule has 1 aromatic carbocycles. The van der Waals surface area contributed by atoms with Gasteiger partial charge in [0.25, 0.3) is 0 Å². The van der Waals surface area contributed by atoms with Gasteiger partial charge >= 0.3 is 0 Å². The molecule has 0 fully saturated rings. The number of para-hydroxylation sites is 2. The Morgan fingerprint density at radius 2 is 1.76 bits per heavy atom. The van der Waals surface area contributed by atoms with Crippen molar-refractivity contribution < 1.29 is 0 Å². The molecule has 2 aromatic rings. The summed E-state index contributed by atoms with van der Waals surface area (Å²) in [5.74, 6) is 0.